The summed E-state index contributed by atoms with van der Waals surface area (Å²) in [4.78, 5) is 0. The highest BCUT2D eigenvalue weighted by Gasteiger charge is 2.11. The average Bonchev–Trinajstić information content (AvgIpc) is 2.64. The Morgan fingerprint density at radius 1 is 1.22 bits per heavy atom. The van der Waals surface area contributed by atoms with Crippen molar-refractivity contribution in [1.29, 1.82) is 0 Å². The van der Waals surface area contributed by atoms with Crippen molar-refractivity contribution in [2.24, 2.45) is 0 Å². The molecule has 96 valence electrons. The van der Waals surface area contributed by atoms with E-state index in [4.69, 9.17) is 11.6 Å². The van der Waals surface area contributed by atoms with Crippen molar-refractivity contribution in [3.05, 3.63) is 46.2 Å². The molecule has 2 aromatic rings. The Hall–Kier alpha value is -1.32. The predicted molar refractivity (Wildman–Crippen MR) is 75.4 cm³/mol. The number of nitrogens with one attached hydrogen (secondary N) is 1. The van der Waals surface area contributed by atoms with E-state index in [1.807, 2.05) is 35.9 Å². The van der Waals surface area contributed by atoms with Crippen LogP contribution < -0.4 is 5.32 Å². The molecule has 0 saturated carbocycles. The second-order valence-corrected chi connectivity index (χ2v) is 4.75. The monoisotopic (exact) mass is 263 g/mol. The molecule has 0 aliphatic heterocycles. The standard InChI is InChI=1S/C14H18ClN3/c1-4-16-9-14-10(2)17-18(11(14)3)13-7-5-12(15)6-8-13/h5-8,16H,4,9H2,1-3H3. The highest BCUT2D eigenvalue weighted by Crippen LogP contribution is 2.19. The number of rotatable bonds is 4. The Labute approximate surface area is 113 Å². The molecule has 3 nitrogen and oxygen atoms in total. The zero-order chi connectivity index (χ0) is 13.1. The zero-order valence-electron chi connectivity index (χ0n) is 11.0. The summed E-state index contributed by atoms with van der Waals surface area (Å²) in [7, 11) is 0. The van der Waals surface area contributed by atoms with Crippen LogP contribution in [0.25, 0.3) is 5.69 Å². The third-order valence-corrected chi connectivity index (χ3v) is 3.32. The average molecular weight is 264 g/mol. The zero-order valence-corrected chi connectivity index (χ0v) is 11.8. The molecule has 0 amide bonds. The first-order valence-corrected chi connectivity index (χ1v) is 6.53. The first-order valence-electron chi connectivity index (χ1n) is 6.15. The lowest BCUT2D eigenvalue weighted by Gasteiger charge is -2.06. The smallest absolute Gasteiger partial charge is 0.0649 e. The van der Waals surface area contributed by atoms with E-state index in [1.165, 1.54) is 11.3 Å². The quantitative estimate of drug-likeness (QED) is 0.918. The van der Waals surface area contributed by atoms with E-state index in [-0.39, 0.29) is 0 Å². The normalized spacial score (nSPS) is 10.9. The molecule has 1 aromatic carbocycles. The van der Waals surface area contributed by atoms with Crippen LogP contribution >= 0.6 is 11.6 Å². The van der Waals surface area contributed by atoms with Gasteiger partial charge in [-0.3, -0.25) is 0 Å². The molecule has 4 heteroatoms. The van der Waals surface area contributed by atoms with Gasteiger partial charge in [0.05, 0.1) is 11.4 Å². The van der Waals surface area contributed by atoms with E-state index in [9.17, 15) is 0 Å². The van der Waals surface area contributed by atoms with Crippen molar-refractivity contribution < 1.29 is 0 Å². The SMILES string of the molecule is CCNCc1c(C)nn(-c2ccc(Cl)cc2)c1C. The molecule has 0 aliphatic rings. The van der Waals surface area contributed by atoms with Gasteiger partial charge in [0, 0.05) is 22.8 Å². The van der Waals surface area contributed by atoms with Crippen LogP contribution in [0.1, 0.15) is 23.9 Å². The van der Waals surface area contributed by atoms with Gasteiger partial charge in [-0.25, -0.2) is 4.68 Å². The van der Waals surface area contributed by atoms with Gasteiger partial charge in [-0.2, -0.15) is 5.10 Å². The lowest BCUT2D eigenvalue weighted by molar-refractivity contribution is 0.719. The molecular formula is C14H18ClN3. The molecule has 1 aromatic heterocycles. The number of benzene rings is 1. The summed E-state index contributed by atoms with van der Waals surface area (Å²) in [5.74, 6) is 0. The number of aromatic nitrogens is 2. The maximum absolute atomic E-state index is 5.90. The molecule has 18 heavy (non-hydrogen) atoms. The van der Waals surface area contributed by atoms with Gasteiger partial charge in [0.2, 0.25) is 0 Å². The molecule has 0 atom stereocenters. The van der Waals surface area contributed by atoms with Crippen LogP contribution in [0.5, 0.6) is 0 Å². The Bertz CT molecular complexity index is 529. The molecular weight excluding hydrogens is 246 g/mol. The van der Waals surface area contributed by atoms with Crippen molar-refractivity contribution in [2.75, 3.05) is 6.54 Å². The van der Waals surface area contributed by atoms with E-state index in [0.29, 0.717) is 0 Å². The van der Waals surface area contributed by atoms with E-state index < -0.39 is 0 Å². The number of hydrogen-bond donors (Lipinski definition) is 1. The first kappa shape index (κ1) is 13.1. The molecule has 1 heterocycles. The van der Waals surface area contributed by atoms with Crippen LogP contribution in [0.2, 0.25) is 5.02 Å². The van der Waals surface area contributed by atoms with Gasteiger partial charge in [-0.15, -0.1) is 0 Å². The highest BCUT2D eigenvalue weighted by molar-refractivity contribution is 6.30. The third-order valence-electron chi connectivity index (χ3n) is 3.06. The highest BCUT2D eigenvalue weighted by atomic mass is 35.5. The van der Waals surface area contributed by atoms with Crippen molar-refractivity contribution in [3.8, 4) is 5.69 Å². The summed E-state index contributed by atoms with van der Waals surface area (Å²) in [5.41, 5.74) is 4.56. The second-order valence-electron chi connectivity index (χ2n) is 4.32. The molecule has 0 fully saturated rings. The number of hydrogen-bond acceptors (Lipinski definition) is 2. The minimum absolute atomic E-state index is 0.744. The van der Waals surface area contributed by atoms with E-state index in [1.54, 1.807) is 0 Å². The lowest BCUT2D eigenvalue weighted by atomic mass is 10.2. The minimum Gasteiger partial charge on any atom is -0.313 e. The van der Waals surface area contributed by atoms with Crippen LogP contribution in [0.4, 0.5) is 0 Å². The lowest BCUT2D eigenvalue weighted by Crippen LogP contribution is -2.13. The predicted octanol–water partition coefficient (Wildman–Crippen LogP) is 3.25. The Balaban J connectivity index is 2.37. The van der Waals surface area contributed by atoms with Crippen LogP contribution in [0.3, 0.4) is 0 Å². The minimum atomic E-state index is 0.744. The summed E-state index contributed by atoms with van der Waals surface area (Å²) in [5, 5.41) is 8.69. The maximum atomic E-state index is 5.90. The van der Waals surface area contributed by atoms with E-state index in [0.717, 1.165) is 29.5 Å². The molecule has 0 unspecified atom stereocenters. The van der Waals surface area contributed by atoms with Gasteiger partial charge in [-0.1, -0.05) is 18.5 Å². The summed E-state index contributed by atoms with van der Waals surface area (Å²) in [6.07, 6.45) is 0. The van der Waals surface area contributed by atoms with Crippen molar-refractivity contribution in [3.63, 3.8) is 0 Å². The van der Waals surface area contributed by atoms with Gasteiger partial charge in [0.25, 0.3) is 0 Å². The van der Waals surface area contributed by atoms with Crippen LogP contribution in [-0.2, 0) is 6.54 Å². The molecule has 0 saturated heterocycles. The molecule has 1 N–H and O–H groups in total. The largest absolute Gasteiger partial charge is 0.313 e. The van der Waals surface area contributed by atoms with E-state index >= 15 is 0 Å². The summed E-state index contributed by atoms with van der Waals surface area (Å²) < 4.78 is 1.97. The molecule has 0 aliphatic carbocycles. The van der Waals surface area contributed by atoms with Gasteiger partial charge >= 0.3 is 0 Å². The second kappa shape index (κ2) is 5.55. The maximum Gasteiger partial charge on any atom is 0.0649 e. The van der Waals surface area contributed by atoms with Gasteiger partial charge < -0.3 is 5.32 Å². The summed E-state index contributed by atoms with van der Waals surface area (Å²) in [6, 6.07) is 7.74. The summed E-state index contributed by atoms with van der Waals surface area (Å²) in [6.45, 7) is 8.08. The Morgan fingerprint density at radius 3 is 2.50 bits per heavy atom. The molecule has 0 bridgehead atoms. The van der Waals surface area contributed by atoms with Crippen molar-refractivity contribution in [1.82, 2.24) is 15.1 Å². The molecule has 0 spiro atoms. The molecule has 0 radical (unpaired) electrons. The van der Waals surface area contributed by atoms with Crippen molar-refractivity contribution in [2.45, 2.75) is 27.3 Å². The van der Waals surface area contributed by atoms with Crippen LogP contribution in [0, 0.1) is 13.8 Å². The van der Waals surface area contributed by atoms with Gasteiger partial charge in [-0.05, 0) is 44.7 Å². The number of halogens is 1. The fourth-order valence-corrected chi connectivity index (χ4v) is 2.14. The fourth-order valence-electron chi connectivity index (χ4n) is 2.01. The first-order chi connectivity index (χ1) is 8.63. The van der Waals surface area contributed by atoms with Gasteiger partial charge in [0.1, 0.15) is 0 Å². The van der Waals surface area contributed by atoms with E-state index in [2.05, 4.69) is 24.3 Å². The Kier molecular flexibility index (Phi) is 4.04. The van der Waals surface area contributed by atoms with Crippen LogP contribution in [0.15, 0.2) is 24.3 Å². The van der Waals surface area contributed by atoms with Crippen LogP contribution in [-0.4, -0.2) is 16.3 Å². The third kappa shape index (κ3) is 2.57. The van der Waals surface area contributed by atoms with Gasteiger partial charge in [0.15, 0.2) is 0 Å². The number of nitrogens with zero attached hydrogens (tertiary/aromatic N) is 2. The Morgan fingerprint density at radius 2 is 1.89 bits per heavy atom. The fraction of sp³-hybridized carbons (Fsp3) is 0.357. The number of aryl methyl sites for hydroxylation is 1. The topological polar surface area (TPSA) is 29.9 Å². The summed E-state index contributed by atoms with van der Waals surface area (Å²) >= 11 is 5.90. The molecule has 2 rings (SSSR count). The van der Waals surface area contributed by atoms with Crippen molar-refractivity contribution >= 4 is 11.6 Å².